The summed E-state index contributed by atoms with van der Waals surface area (Å²) >= 11 is 0. The fraction of sp³-hybridized carbons (Fsp3) is 0.263. The van der Waals surface area contributed by atoms with Gasteiger partial charge >= 0.3 is 0 Å². The summed E-state index contributed by atoms with van der Waals surface area (Å²) < 4.78 is 5.58. The quantitative estimate of drug-likeness (QED) is 0.322. The number of nitrogens with one attached hydrogen (secondary N) is 1. The van der Waals surface area contributed by atoms with Crippen molar-refractivity contribution in [2.75, 3.05) is 6.61 Å². The second-order valence-electron chi connectivity index (χ2n) is 5.66. The van der Waals surface area contributed by atoms with Gasteiger partial charge < -0.3 is 4.74 Å². The average molecular weight is 355 g/mol. The van der Waals surface area contributed by atoms with E-state index in [9.17, 15) is 14.9 Å². The van der Waals surface area contributed by atoms with E-state index in [0.29, 0.717) is 12.2 Å². The monoisotopic (exact) mass is 355 g/mol. The van der Waals surface area contributed by atoms with Crippen LogP contribution < -0.4 is 10.2 Å². The number of hydrazone groups is 1. The Kier molecular flexibility index (Phi) is 7.30. The number of non-ortho nitro benzene ring substituents is 1. The number of hydrogen-bond acceptors (Lipinski definition) is 5. The SMILES string of the molecule is CCCCOc1ccc(/C=N\NC(=O)Cc2ccc([N+](=O)[O-])cc2)cc1. The molecule has 0 atom stereocenters. The Morgan fingerprint density at radius 3 is 2.50 bits per heavy atom. The van der Waals surface area contributed by atoms with Crippen molar-refractivity contribution < 1.29 is 14.5 Å². The minimum atomic E-state index is -0.478. The van der Waals surface area contributed by atoms with Gasteiger partial charge in [-0.15, -0.1) is 0 Å². The van der Waals surface area contributed by atoms with Crippen molar-refractivity contribution >= 4 is 17.8 Å². The van der Waals surface area contributed by atoms with E-state index in [1.165, 1.54) is 12.1 Å². The Hall–Kier alpha value is -3.22. The Bertz CT molecular complexity index is 755. The lowest BCUT2D eigenvalue weighted by Gasteiger charge is -2.05. The van der Waals surface area contributed by atoms with Gasteiger partial charge in [0.2, 0.25) is 5.91 Å². The third-order valence-corrected chi connectivity index (χ3v) is 3.56. The van der Waals surface area contributed by atoms with Gasteiger partial charge in [-0.1, -0.05) is 25.5 Å². The molecule has 0 aliphatic carbocycles. The molecule has 0 saturated heterocycles. The van der Waals surface area contributed by atoms with Crippen LogP contribution in [0.1, 0.15) is 30.9 Å². The highest BCUT2D eigenvalue weighted by molar-refractivity contribution is 5.83. The lowest BCUT2D eigenvalue weighted by Crippen LogP contribution is -2.19. The Morgan fingerprint density at radius 2 is 1.88 bits per heavy atom. The minimum absolute atomic E-state index is 0.00528. The molecule has 0 radical (unpaired) electrons. The van der Waals surface area contributed by atoms with Crippen molar-refractivity contribution in [1.82, 2.24) is 5.43 Å². The van der Waals surface area contributed by atoms with E-state index in [-0.39, 0.29) is 18.0 Å². The Labute approximate surface area is 151 Å². The molecule has 7 nitrogen and oxygen atoms in total. The number of unbranched alkanes of at least 4 members (excludes halogenated alkanes) is 1. The molecule has 0 saturated carbocycles. The zero-order valence-electron chi connectivity index (χ0n) is 14.6. The van der Waals surface area contributed by atoms with Crippen LogP contribution in [0.5, 0.6) is 5.75 Å². The summed E-state index contributed by atoms with van der Waals surface area (Å²) in [5.74, 6) is 0.507. The van der Waals surface area contributed by atoms with Gasteiger partial charge in [0, 0.05) is 12.1 Å². The van der Waals surface area contributed by atoms with Gasteiger partial charge in [-0.25, -0.2) is 5.43 Å². The van der Waals surface area contributed by atoms with E-state index in [1.807, 2.05) is 24.3 Å². The van der Waals surface area contributed by atoms with Crippen LogP contribution in [-0.4, -0.2) is 23.7 Å². The van der Waals surface area contributed by atoms with Crippen LogP contribution in [0.4, 0.5) is 5.69 Å². The van der Waals surface area contributed by atoms with Crippen LogP contribution in [0.25, 0.3) is 0 Å². The molecule has 0 bridgehead atoms. The van der Waals surface area contributed by atoms with Gasteiger partial charge in [-0.2, -0.15) is 5.10 Å². The number of hydrogen-bond donors (Lipinski definition) is 1. The predicted octanol–water partition coefficient (Wildman–Crippen LogP) is 3.47. The Morgan fingerprint density at radius 1 is 1.19 bits per heavy atom. The molecule has 136 valence electrons. The zero-order chi connectivity index (χ0) is 18.8. The molecule has 1 amide bonds. The molecule has 0 fully saturated rings. The molecule has 0 unspecified atom stereocenters. The summed E-state index contributed by atoms with van der Waals surface area (Å²) in [6, 6.07) is 13.3. The van der Waals surface area contributed by atoms with E-state index in [4.69, 9.17) is 4.74 Å². The summed E-state index contributed by atoms with van der Waals surface area (Å²) in [5, 5.41) is 14.5. The first kappa shape index (κ1) is 19.1. The van der Waals surface area contributed by atoms with Crippen LogP contribution in [-0.2, 0) is 11.2 Å². The molecule has 2 rings (SSSR count). The number of carbonyl (C=O) groups is 1. The fourth-order valence-electron chi connectivity index (χ4n) is 2.12. The number of nitro benzene ring substituents is 1. The molecule has 0 aromatic heterocycles. The van der Waals surface area contributed by atoms with Crippen molar-refractivity contribution in [2.24, 2.45) is 5.10 Å². The normalized spacial score (nSPS) is 10.7. The molecule has 7 heteroatoms. The summed E-state index contributed by atoms with van der Waals surface area (Å²) in [6.07, 6.45) is 3.75. The molecule has 0 heterocycles. The molecule has 0 aliphatic heterocycles. The van der Waals surface area contributed by atoms with E-state index < -0.39 is 4.92 Å². The van der Waals surface area contributed by atoms with Crippen LogP contribution in [0, 0.1) is 10.1 Å². The predicted molar refractivity (Wildman–Crippen MR) is 99.4 cm³/mol. The van der Waals surface area contributed by atoms with Gasteiger partial charge in [-0.05, 0) is 41.8 Å². The molecular weight excluding hydrogens is 334 g/mol. The summed E-state index contributed by atoms with van der Waals surface area (Å²) in [6.45, 7) is 2.81. The molecule has 2 aromatic carbocycles. The van der Waals surface area contributed by atoms with Gasteiger partial charge in [0.05, 0.1) is 24.2 Å². The van der Waals surface area contributed by atoms with Crippen molar-refractivity contribution in [3.8, 4) is 5.75 Å². The van der Waals surface area contributed by atoms with Gasteiger partial charge in [0.15, 0.2) is 0 Å². The largest absolute Gasteiger partial charge is 0.494 e. The highest BCUT2D eigenvalue weighted by Gasteiger charge is 2.06. The van der Waals surface area contributed by atoms with Crippen LogP contribution >= 0.6 is 0 Å². The maximum atomic E-state index is 11.8. The van der Waals surface area contributed by atoms with Crippen LogP contribution in [0.15, 0.2) is 53.6 Å². The number of benzene rings is 2. The number of amides is 1. The number of nitro groups is 1. The van der Waals surface area contributed by atoms with Crippen LogP contribution in [0.2, 0.25) is 0 Å². The topological polar surface area (TPSA) is 93.8 Å². The van der Waals surface area contributed by atoms with Crippen molar-refractivity contribution in [1.29, 1.82) is 0 Å². The molecule has 0 spiro atoms. The van der Waals surface area contributed by atoms with Gasteiger partial charge in [0.25, 0.3) is 5.69 Å². The number of rotatable bonds is 9. The maximum absolute atomic E-state index is 11.8. The molecule has 0 aliphatic rings. The highest BCUT2D eigenvalue weighted by atomic mass is 16.6. The van der Waals surface area contributed by atoms with E-state index >= 15 is 0 Å². The van der Waals surface area contributed by atoms with Crippen LogP contribution in [0.3, 0.4) is 0 Å². The van der Waals surface area contributed by atoms with Crippen molar-refractivity contribution in [2.45, 2.75) is 26.2 Å². The second-order valence-corrected chi connectivity index (χ2v) is 5.66. The number of carbonyl (C=O) groups excluding carboxylic acids is 1. The third kappa shape index (κ3) is 6.35. The second kappa shape index (κ2) is 9.93. The Balaban J connectivity index is 1.79. The average Bonchev–Trinajstić information content (AvgIpc) is 2.63. The molecule has 2 aromatic rings. The molecule has 1 N–H and O–H groups in total. The summed E-state index contributed by atoms with van der Waals surface area (Å²) in [4.78, 5) is 22.0. The number of nitrogens with zero attached hydrogens (tertiary/aromatic N) is 2. The lowest BCUT2D eigenvalue weighted by molar-refractivity contribution is -0.384. The fourth-order valence-corrected chi connectivity index (χ4v) is 2.12. The standard InChI is InChI=1S/C19H21N3O4/c1-2-3-12-26-18-10-6-16(7-11-18)14-20-21-19(23)13-15-4-8-17(9-5-15)22(24)25/h4-11,14H,2-3,12-13H2,1H3,(H,21,23)/b20-14-. The maximum Gasteiger partial charge on any atom is 0.269 e. The third-order valence-electron chi connectivity index (χ3n) is 3.56. The van der Waals surface area contributed by atoms with Crippen molar-refractivity contribution in [3.63, 3.8) is 0 Å². The minimum Gasteiger partial charge on any atom is -0.494 e. The molecule has 26 heavy (non-hydrogen) atoms. The first-order valence-electron chi connectivity index (χ1n) is 8.36. The smallest absolute Gasteiger partial charge is 0.269 e. The van der Waals surface area contributed by atoms with Crippen molar-refractivity contribution in [3.05, 3.63) is 69.8 Å². The summed E-state index contributed by atoms with van der Waals surface area (Å²) in [5.41, 5.74) is 3.95. The number of ether oxygens (including phenoxy) is 1. The van der Waals surface area contributed by atoms with E-state index in [2.05, 4.69) is 17.5 Å². The van der Waals surface area contributed by atoms with Gasteiger partial charge in [0.1, 0.15) is 5.75 Å². The lowest BCUT2D eigenvalue weighted by atomic mass is 10.1. The van der Waals surface area contributed by atoms with E-state index in [0.717, 1.165) is 24.2 Å². The molecular formula is C19H21N3O4. The first-order chi connectivity index (χ1) is 12.6. The highest BCUT2D eigenvalue weighted by Crippen LogP contribution is 2.13. The summed E-state index contributed by atoms with van der Waals surface area (Å²) in [7, 11) is 0. The first-order valence-corrected chi connectivity index (χ1v) is 8.36. The zero-order valence-corrected chi connectivity index (χ0v) is 14.6. The van der Waals surface area contributed by atoms with Gasteiger partial charge in [-0.3, -0.25) is 14.9 Å². The van der Waals surface area contributed by atoms with E-state index in [1.54, 1.807) is 18.3 Å².